The van der Waals surface area contributed by atoms with E-state index in [-0.39, 0.29) is 17.4 Å². The molecule has 0 fully saturated rings. The Morgan fingerprint density at radius 1 is 1.39 bits per heavy atom. The summed E-state index contributed by atoms with van der Waals surface area (Å²) < 4.78 is 6.37. The number of halogens is 1. The molecule has 0 heterocycles. The Balaban J connectivity index is 2.64. The summed E-state index contributed by atoms with van der Waals surface area (Å²) in [6.07, 6.45) is 0.00261. The van der Waals surface area contributed by atoms with E-state index in [1.54, 1.807) is 7.11 Å². The number of methoxy groups -OCH3 is 1. The van der Waals surface area contributed by atoms with E-state index in [1.165, 1.54) is 0 Å². The van der Waals surface area contributed by atoms with E-state index >= 15 is 0 Å². The quantitative estimate of drug-likeness (QED) is 0.838. The molecule has 4 heteroatoms. The van der Waals surface area contributed by atoms with E-state index in [0.717, 1.165) is 3.57 Å². The maximum atomic E-state index is 12.0. The van der Waals surface area contributed by atoms with Crippen molar-refractivity contribution in [2.75, 3.05) is 13.7 Å². The van der Waals surface area contributed by atoms with Crippen molar-refractivity contribution in [1.29, 1.82) is 0 Å². The number of rotatable bonds is 4. The van der Waals surface area contributed by atoms with Gasteiger partial charge in [0.2, 0.25) is 0 Å². The summed E-state index contributed by atoms with van der Waals surface area (Å²) in [7, 11) is 1.67. The maximum absolute atomic E-state index is 12.0. The van der Waals surface area contributed by atoms with Gasteiger partial charge in [0.05, 0.1) is 11.7 Å². The lowest BCUT2D eigenvalue weighted by Crippen LogP contribution is -2.40. The van der Waals surface area contributed by atoms with E-state index in [4.69, 9.17) is 4.74 Å². The highest BCUT2D eigenvalue weighted by atomic mass is 127. The summed E-state index contributed by atoms with van der Waals surface area (Å²) in [5.74, 6) is -0.0497. The number of nitrogens with one attached hydrogen (secondary N) is 1. The molecule has 1 amide bonds. The second kappa shape index (κ2) is 6.52. The Morgan fingerprint density at radius 3 is 2.50 bits per heavy atom. The molecule has 1 aromatic carbocycles. The molecule has 0 aliphatic heterocycles. The molecule has 1 rings (SSSR count). The Hall–Kier alpha value is -0.620. The van der Waals surface area contributed by atoms with Gasteiger partial charge >= 0.3 is 0 Å². The second-order valence-electron chi connectivity index (χ2n) is 5.28. The fraction of sp³-hybridized carbons (Fsp3) is 0.500. The van der Waals surface area contributed by atoms with Gasteiger partial charge in [0.15, 0.2) is 0 Å². The second-order valence-corrected chi connectivity index (χ2v) is 6.44. The van der Waals surface area contributed by atoms with Crippen LogP contribution >= 0.6 is 22.6 Å². The van der Waals surface area contributed by atoms with Crippen LogP contribution in [-0.2, 0) is 4.74 Å². The number of hydrogen-bond acceptors (Lipinski definition) is 2. The molecule has 100 valence electrons. The minimum Gasteiger partial charge on any atom is -0.379 e. The van der Waals surface area contributed by atoms with Crippen molar-refractivity contribution in [3.63, 3.8) is 0 Å². The molecule has 0 aromatic heterocycles. The zero-order valence-corrected chi connectivity index (χ0v) is 13.4. The Morgan fingerprint density at radius 2 is 2.00 bits per heavy atom. The highest BCUT2D eigenvalue weighted by molar-refractivity contribution is 14.1. The van der Waals surface area contributed by atoms with Gasteiger partial charge in [0.1, 0.15) is 0 Å². The summed E-state index contributed by atoms with van der Waals surface area (Å²) in [6.45, 7) is 6.81. The largest absolute Gasteiger partial charge is 0.379 e. The van der Waals surface area contributed by atoms with Gasteiger partial charge in [-0.1, -0.05) is 32.9 Å². The predicted molar refractivity (Wildman–Crippen MR) is 81.7 cm³/mol. The molecule has 0 bridgehead atoms. The van der Waals surface area contributed by atoms with Crippen molar-refractivity contribution in [3.05, 3.63) is 33.4 Å². The van der Waals surface area contributed by atoms with Gasteiger partial charge in [-0.05, 0) is 40.1 Å². The average Bonchev–Trinajstić information content (AvgIpc) is 2.28. The van der Waals surface area contributed by atoms with Gasteiger partial charge in [0.25, 0.3) is 5.91 Å². The molecule has 3 nitrogen and oxygen atoms in total. The average molecular weight is 361 g/mol. The van der Waals surface area contributed by atoms with Gasteiger partial charge < -0.3 is 10.1 Å². The molecule has 1 atom stereocenters. The fourth-order valence-electron chi connectivity index (χ4n) is 1.67. The van der Waals surface area contributed by atoms with E-state index < -0.39 is 0 Å². The molecule has 0 saturated heterocycles. The van der Waals surface area contributed by atoms with Crippen molar-refractivity contribution in [2.45, 2.75) is 26.9 Å². The third kappa shape index (κ3) is 4.24. The van der Waals surface area contributed by atoms with Crippen LogP contribution in [0, 0.1) is 8.99 Å². The van der Waals surface area contributed by atoms with Crippen molar-refractivity contribution in [1.82, 2.24) is 5.32 Å². The Bertz CT molecular complexity index is 413. The van der Waals surface area contributed by atoms with E-state index in [1.807, 2.05) is 24.3 Å². The molecular formula is C14H20INO2. The van der Waals surface area contributed by atoms with Crippen molar-refractivity contribution >= 4 is 28.5 Å². The predicted octanol–water partition coefficient (Wildman–Crippen LogP) is 3.08. The molecule has 1 N–H and O–H groups in total. The number of benzene rings is 1. The third-order valence-corrected chi connectivity index (χ3v) is 3.76. The highest BCUT2D eigenvalue weighted by Gasteiger charge is 2.25. The molecule has 0 aliphatic carbocycles. The first-order chi connectivity index (χ1) is 8.36. The zero-order valence-electron chi connectivity index (χ0n) is 11.3. The van der Waals surface area contributed by atoms with Crippen LogP contribution in [0.4, 0.5) is 0 Å². The van der Waals surface area contributed by atoms with Crippen molar-refractivity contribution in [2.24, 2.45) is 5.41 Å². The maximum Gasteiger partial charge on any atom is 0.252 e. The highest BCUT2D eigenvalue weighted by Crippen LogP contribution is 2.21. The molecule has 0 spiro atoms. The van der Waals surface area contributed by atoms with Crippen LogP contribution in [0.1, 0.15) is 31.1 Å². The summed E-state index contributed by atoms with van der Waals surface area (Å²) in [4.78, 5) is 12.0. The van der Waals surface area contributed by atoms with Gasteiger partial charge in [-0.25, -0.2) is 0 Å². The lowest BCUT2D eigenvalue weighted by Gasteiger charge is -2.29. The summed E-state index contributed by atoms with van der Waals surface area (Å²) in [5, 5.41) is 2.93. The smallest absolute Gasteiger partial charge is 0.252 e. The molecule has 18 heavy (non-hydrogen) atoms. The molecule has 0 radical (unpaired) electrons. The van der Waals surface area contributed by atoms with Crippen LogP contribution in [0.25, 0.3) is 0 Å². The zero-order chi connectivity index (χ0) is 13.8. The van der Waals surface area contributed by atoms with Crippen molar-refractivity contribution in [3.8, 4) is 0 Å². The van der Waals surface area contributed by atoms with Gasteiger partial charge in [-0.3, -0.25) is 4.79 Å². The lowest BCUT2D eigenvalue weighted by atomic mass is 9.89. The number of amides is 1. The number of carbonyl (C=O) groups excluding carboxylic acids is 1. The number of hydrogen-bond donors (Lipinski definition) is 1. The fourth-order valence-corrected chi connectivity index (χ4v) is 2.30. The standard InChI is InChI=1S/C14H20INO2/c1-14(2,3)12(18-4)9-16-13(17)10-7-5-6-8-11(10)15/h5-8,12H,9H2,1-4H3,(H,16,17). The molecule has 1 aromatic rings. The number of carbonyl (C=O) groups is 1. The first-order valence-electron chi connectivity index (χ1n) is 5.91. The Kier molecular flexibility index (Phi) is 5.59. The minimum absolute atomic E-state index is 0.00261. The SMILES string of the molecule is COC(CNC(=O)c1ccccc1I)C(C)(C)C. The van der Waals surface area contributed by atoms with Crippen LogP contribution in [0.2, 0.25) is 0 Å². The molecule has 0 aliphatic rings. The van der Waals surface area contributed by atoms with Crippen LogP contribution in [0.5, 0.6) is 0 Å². The summed E-state index contributed by atoms with van der Waals surface area (Å²) >= 11 is 2.17. The molecular weight excluding hydrogens is 341 g/mol. The van der Waals surface area contributed by atoms with E-state index in [9.17, 15) is 4.79 Å². The Labute approximate surface area is 122 Å². The minimum atomic E-state index is -0.0497. The van der Waals surface area contributed by atoms with Crippen LogP contribution in [-0.4, -0.2) is 25.7 Å². The lowest BCUT2D eigenvalue weighted by molar-refractivity contribution is 0.0176. The van der Waals surface area contributed by atoms with Crippen LogP contribution < -0.4 is 5.32 Å². The summed E-state index contributed by atoms with van der Waals surface area (Å²) in [5.41, 5.74) is 0.716. The first kappa shape index (κ1) is 15.4. The van der Waals surface area contributed by atoms with E-state index in [2.05, 4.69) is 48.7 Å². The topological polar surface area (TPSA) is 38.3 Å². The normalized spacial score (nSPS) is 13.2. The van der Waals surface area contributed by atoms with Gasteiger partial charge in [-0.2, -0.15) is 0 Å². The molecule has 0 saturated carbocycles. The van der Waals surface area contributed by atoms with Gasteiger partial charge in [0, 0.05) is 17.2 Å². The third-order valence-electron chi connectivity index (χ3n) is 2.82. The first-order valence-corrected chi connectivity index (χ1v) is 6.99. The number of ether oxygens (including phenoxy) is 1. The summed E-state index contributed by atoms with van der Waals surface area (Å²) in [6, 6.07) is 7.54. The van der Waals surface area contributed by atoms with Gasteiger partial charge in [-0.15, -0.1) is 0 Å². The van der Waals surface area contributed by atoms with E-state index in [0.29, 0.717) is 12.1 Å². The molecule has 1 unspecified atom stereocenters. The van der Waals surface area contributed by atoms with Crippen LogP contribution in [0.15, 0.2) is 24.3 Å². The van der Waals surface area contributed by atoms with Crippen LogP contribution in [0.3, 0.4) is 0 Å². The van der Waals surface area contributed by atoms with Crippen molar-refractivity contribution < 1.29 is 9.53 Å². The monoisotopic (exact) mass is 361 g/mol.